The number of amides is 3. The van der Waals surface area contributed by atoms with Crippen molar-refractivity contribution in [3.8, 4) is 0 Å². The van der Waals surface area contributed by atoms with Crippen molar-refractivity contribution in [2.45, 2.75) is 64.3 Å². The second kappa shape index (κ2) is 10.5. The number of rotatable bonds is 9. The van der Waals surface area contributed by atoms with Crippen LogP contribution in [0.1, 0.15) is 58.3 Å². The van der Waals surface area contributed by atoms with E-state index in [1.54, 1.807) is 0 Å². The van der Waals surface area contributed by atoms with Crippen LogP contribution in [0.4, 0.5) is 4.79 Å². The summed E-state index contributed by atoms with van der Waals surface area (Å²) < 4.78 is 0. The lowest BCUT2D eigenvalue weighted by Gasteiger charge is -2.33. The molecule has 2 aliphatic rings. The van der Waals surface area contributed by atoms with E-state index in [1.807, 2.05) is 4.90 Å². The zero-order valence-electron chi connectivity index (χ0n) is 15.2. The lowest BCUT2D eigenvalue weighted by Crippen LogP contribution is -2.39. The van der Waals surface area contributed by atoms with E-state index in [0.717, 1.165) is 57.9 Å². The number of hydrogen-bond acceptors (Lipinski definition) is 3. The normalized spacial score (nSPS) is 22.0. The van der Waals surface area contributed by atoms with Gasteiger partial charge in [0.15, 0.2) is 0 Å². The lowest BCUT2D eigenvalue weighted by molar-refractivity contribution is -0.127. The summed E-state index contributed by atoms with van der Waals surface area (Å²) in [5.41, 5.74) is 0. The number of nitrogens with zero attached hydrogens (tertiary/aromatic N) is 2. The maximum atomic E-state index is 11.7. The van der Waals surface area contributed by atoms with Gasteiger partial charge in [0.1, 0.15) is 0 Å². The molecular formula is C18H34N4O2. The van der Waals surface area contributed by atoms with Crippen LogP contribution in [0, 0.1) is 0 Å². The predicted molar refractivity (Wildman–Crippen MR) is 96.0 cm³/mol. The first-order chi connectivity index (χ1) is 11.7. The Kier molecular flexibility index (Phi) is 8.36. The smallest absolute Gasteiger partial charge is 0.314 e. The minimum absolute atomic E-state index is 0.0888. The first-order valence-corrected chi connectivity index (χ1v) is 9.70. The molecule has 0 radical (unpaired) electrons. The number of nitrogens with one attached hydrogen (secondary N) is 2. The third kappa shape index (κ3) is 6.67. The maximum absolute atomic E-state index is 11.7. The van der Waals surface area contributed by atoms with E-state index in [4.69, 9.17) is 0 Å². The highest BCUT2D eigenvalue weighted by Gasteiger charge is 2.19. The van der Waals surface area contributed by atoms with E-state index in [-0.39, 0.29) is 11.9 Å². The molecule has 2 aliphatic heterocycles. The SMILES string of the molecule is CC1CCCCN1CCCCNC(=O)NCCCN1CCCC1=O. The van der Waals surface area contributed by atoms with E-state index < -0.39 is 0 Å². The van der Waals surface area contributed by atoms with Gasteiger partial charge in [-0.1, -0.05) is 6.42 Å². The largest absolute Gasteiger partial charge is 0.343 e. The van der Waals surface area contributed by atoms with Crippen LogP contribution >= 0.6 is 0 Å². The molecule has 2 fully saturated rings. The Balaban J connectivity index is 1.41. The van der Waals surface area contributed by atoms with Gasteiger partial charge in [-0.25, -0.2) is 4.79 Å². The Morgan fingerprint density at radius 1 is 1.04 bits per heavy atom. The number of carbonyl (C=O) groups excluding carboxylic acids is 2. The Morgan fingerprint density at radius 3 is 2.54 bits per heavy atom. The van der Waals surface area contributed by atoms with Crippen molar-refractivity contribution >= 4 is 11.9 Å². The van der Waals surface area contributed by atoms with Crippen LogP contribution in [-0.2, 0) is 4.79 Å². The highest BCUT2D eigenvalue weighted by atomic mass is 16.2. The van der Waals surface area contributed by atoms with Gasteiger partial charge in [0.2, 0.25) is 5.91 Å². The number of unbranched alkanes of at least 4 members (excludes halogenated alkanes) is 1. The van der Waals surface area contributed by atoms with Gasteiger partial charge in [0.25, 0.3) is 0 Å². The monoisotopic (exact) mass is 338 g/mol. The highest BCUT2D eigenvalue weighted by molar-refractivity contribution is 5.78. The molecule has 2 heterocycles. The van der Waals surface area contributed by atoms with Crippen molar-refractivity contribution in [3.63, 3.8) is 0 Å². The van der Waals surface area contributed by atoms with Gasteiger partial charge in [-0.05, 0) is 58.5 Å². The molecular weight excluding hydrogens is 304 g/mol. The third-order valence-corrected chi connectivity index (χ3v) is 5.16. The summed E-state index contributed by atoms with van der Waals surface area (Å²) >= 11 is 0. The molecule has 0 aromatic carbocycles. The molecule has 6 heteroatoms. The van der Waals surface area contributed by atoms with Crippen molar-refractivity contribution in [2.75, 3.05) is 39.3 Å². The number of piperidine rings is 1. The van der Waals surface area contributed by atoms with Crippen molar-refractivity contribution in [3.05, 3.63) is 0 Å². The molecule has 0 aliphatic carbocycles. The molecule has 1 unspecified atom stereocenters. The van der Waals surface area contributed by atoms with E-state index in [0.29, 0.717) is 13.0 Å². The van der Waals surface area contributed by atoms with Gasteiger partial charge in [0.05, 0.1) is 0 Å². The molecule has 1 atom stereocenters. The molecule has 2 saturated heterocycles. The van der Waals surface area contributed by atoms with Gasteiger partial charge in [0, 0.05) is 38.6 Å². The zero-order valence-corrected chi connectivity index (χ0v) is 15.2. The molecule has 0 bridgehead atoms. The first kappa shape index (κ1) is 19.0. The Bertz CT molecular complexity index is 402. The van der Waals surface area contributed by atoms with E-state index >= 15 is 0 Å². The van der Waals surface area contributed by atoms with Crippen LogP contribution < -0.4 is 10.6 Å². The summed E-state index contributed by atoms with van der Waals surface area (Å²) in [6.07, 6.45) is 8.67. The summed E-state index contributed by atoms with van der Waals surface area (Å²) in [6.45, 7) is 7.69. The molecule has 0 aromatic heterocycles. The van der Waals surface area contributed by atoms with Crippen molar-refractivity contribution < 1.29 is 9.59 Å². The van der Waals surface area contributed by atoms with Crippen molar-refractivity contribution in [2.24, 2.45) is 0 Å². The standard InChI is InChI=1S/C18H34N4O2/c1-16-8-2-4-12-21(16)13-5-3-10-19-18(24)20-11-7-15-22-14-6-9-17(22)23/h16H,2-15H2,1H3,(H2,19,20,24). The summed E-state index contributed by atoms with van der Waals surface area (Å²) in [5, 5.41) is 5.79. The molecule has 0 saturated carbocycles. The van der Waals surface area contributed by atoms with Crippen LogP contribution in [0.5, 0.6) is 0 Å². The maximum Gasteiger partial charge on any atom is 0.314 e. The lowest BCUT2D eigenvalue weighted by atomic mass is 10.0. The number of urea groups is 1. The van der Waals surface area contributed by atoms with Gasteiger partial charge in [-0.2, -0.15) is 0 Å². The molecule has 24 heavy (non-hydrogen) atoms. The minimum atomic E-state index is -0.0888. The first-order valence-electron chi connectivity index (χ1n) is 9.70. The van der Waals surface area contributed by atoms with Crippen molar-refractivity contribution in [1.29, 1.82) is 0 Å². The fourth-order valence-electron chi connectivity index (χ4n) is 3.61. The van der Waals surface area contributed by atoms with Crippen molar-refractivity contribution in [1.82, 2.24) is 20.4 Å². The average Bonchev–Trinajstić information content (AvgIpc) is 2.98. The van der Waals surface area contributed by atoms with Crippen LogP contribution in [0.15, 0.2) is 0 Å². The van der Waals surface area contributed by atoms with Gasteiger partial charge in [-0.15, -0.1) is 0 Å². The fraction of sp³-hybridized carbons (Fsp3) is 0.889. The van der Waals surface area contributed by atoms with Gasteiger partial charge >= 0.3 is 6.03 Å². The topological polar surface area (TPSA) is 64.7 Å². The quantitative estimate of drug-likeness (QED) is 0.632. The minimum Gasteiger partial charge on any atom is -0.343 e. The molecule has 0 spiro atoms. The molecule has 0 aromatic rings. The third-order valence-electron chi connectivity index (χ3n) is 5.16. The van der Waals surface area contributed by atoms with Crippen LogP contribution in [-0.4, -0.2) is 67.0 Å². The summed E-state index contributed by atoms with van der Waals surface area (Å²) in [6, 6.07) is 0.631. The predicted octanol–water partition coefficient (Wildman–Crippen LogP) is 1.95. The Hall–Kier alpha value is -1.30. The van der Waals surface area contributed by atoms with Crippen LogP contribution in [0.2, 0.25) is 0 Å². The van der Waals surface area contributed by atoms with E-state index in [1.165, 1.54) is 25.8 Å². The fourth-order valence-corrected chi connectivity index (χ4v) is 3.61. The summed E-state index contributed by atoms with van der Waals surface area (Å²) in [5.74, 6) is 0.252. The van der Waals surface area contributed by atoms with E-state index in [2.05, 4.69) is 22.5 Å². The summed E-state index contributed by atoms with van der Waals surface area (Å²) in [7, 11) is 0. The number of hydrogen-bond donors (Lipinski definition) is 2. The Labute approximate surface area is 146 Å². The second-order valence-corrected chi connectivity index (χ2v) is 7.11. The number of likely N-dealkylation sites (tertiary alicyclic amines) is 2. The molecule has 6 nitrogen and oxygen atoms in total. The second-order valence-electron chi connectivity index (χ2n) is 7.11. The number of carbonyl (C=O) groups is 2. The molecule has 2 rings (SSSR count). The molecule has 138 valence electrons. The zero-order chi connectivity index (χ0) is 17.2. The Morgan fingerprint density at radius 2 is 1.83 bits per heavy atom. The van der Waals surface area contributed by atoms with Crippen LogP contribution in [0.25, 0.3) is 0 Å². The van der Waals surface area contributed by atoms with Gasteiger partial charge < -0.3 is 20.4 Å². The highest BCUT2D eigenvalue weighted by Crippen LogP contribution is 2.16. The summed E-state index contributed by atoms with van der Waals surface area (Å²) in [4.78, 5) is 27.6. The van der Waals surface area contributed by atoms with Gasteiger partial charge in [-0.3, -0.25) is 4.79 Å². The molecule has 2 N–H and O–H groups in total. The average molecular weight is 338 g/mol. The van der Waals surface area contributed by atoms with Crippen LogP contribution in [0.3, 0.4) is 0 Å². The van der Waals surface area contributed by atoms with E-state index in [9.17, 15) is 9.59 Å². The molecule has 3 amide bonds.